The molecule has 0 aliphatic carbocycles. The lowest BCUT2D eigenvalue weighted by atomic mass is 10.0. The Morgan fingerprint density at radius 3 is 2.95 bits per heavy atom. The van der Waals surface area contributed by atoms with Crippen molar-refractivity contribution in [2.75, 3.05) is 19.6 Å². The van der Waals surface area contributed by atoms with Crippen molar-refractivity contribution in [3.05, 3.63) is 64.1 Å². The molecule has 0 amide bonds. The summed E-state index contributed by atoms with van der Waals surface area (Å²) in [5.74, 6) is -0.213. The van der Waals surface area contributed by atoms with Gasteiger partial charge in [0.05, 0.1) is 0 Å². The molecule has 1 unspecified atom stereocenters. The first kappa shape index (κ1) is 17.3. The zero-order chi connectivity index (χ0) is 14.7. The monoisotopic (exact) mass is 385 g/mol. The van der Waals surface area contributed by atoms with Crippen LogP contribution < -0.4 is 5.32 Å². The number of nitrogens with one attached hydrogen (secondary N) is 1. The number of piperazine rings is 1. The molecule has 1 fully saturated rings. The molecule has 2 heterocycles. The maximum absolute atomic E-state index is 13.2. The average molecular weight is 387 g/mol. The van der Waals surface area contributed by atoms with Crippen molar-refractivity contribution in [1.29, 1.82) is 0 Å². The Bertz CT molecular complexity index is 612. The van der Waals surface area contributed by atoms with Gasteiger partial charge in [-0.1, -0.05) is 28.1 Å². The molecule has 3 nitrogen and oxygen atoms in total. The number of rotatable bonds is 3. The van der Waals surface area contributed by atoms with Gasteiger partial charge < -0.3 is 5.32 Å². The van der Waals surface area contributed by atoms with Crippen LogP contribution in [0.1, 0.15) is 17.2 Å². The van der Waals surface area contributed by atoms with Gasteiger partial charge in [-0.3, -0.25) is 9.88 Å². The number of hydrogen-bond donors (Lipinski definition) is 1. The second kappa shape index (κ2) is 8.02. The van der Waals surface area contributed by atoms with Crippen LogP contribution in [0.2, 0.25) is 0 Å². The average Bonchev–Trinajstić information content (AvgIpc) is 2.51. The van der Waals surface area contributed by atoms with Gasteiger partial charge in [0.25, 0.3) is 0 Å². The standard InChI is InChI=1S/C16H17BrFN3.ClH/c17-15-8-14(18)4-3-13(15)11-21-7-6-20-10-16(21)12-2-1-5-19-9-12;/h1-5,8-9,16,20H,6-7,10-11H2;1H. The Morgan fingerprint density at radius 1 is 1.36 bits per heavy atom. The van der Waals surface area contributed by atoms with Gasteiger partial charge in [0.15, 0.2) is 0 Å². The Morgan fingerprint density at radius 2 is 2.23 bits per heavy atom. The number of pyridine rings is 1. The molecule has 1 aromatic heterocycles. The number of nitrogens with zero attached hydrogens (tertiary/aromatic N) is 2. The van der Waals surface area contributed by atoms with Crippen molar-refractivity contribution in [2.45, 2.75) is 12.6 Å². The fraction of sp³-hybridized carbons (Fsp3) is 0.312. The van der Waals surface area contributed by atoms with Crippen LogP contribution in [0.25, 0.3) is 0 Å². The van der Waals surface area contributed by atoms with Gasteiger partial charge in [-0.25, -0.2) is 4.39 Å². The van der Waals surface area contributed by atoms with Gasteiger partial charge in [-0.15, -0.1) is 12.4 Å². The number of hydrogen-bond acceptors (Lipinski definition) is 3. The molecule has 1 aliphatic rings. The van der Waals surface area contributed by atoms with Crippen LogP contribution in [0, 0.1) is 5.82 Å². The highest BCUT2D eigenvalue weighted by atomic mass is 79.9. The highest BCUT2D eigenvalue weighted by Crippen LogP contribution is 2.26. The quantitative estimate of drug-likeness (QED) is 0.874. The summed E-state index contributed by atoms with van der Waals surface area (Å²) < 4.78 is 14.0. The van der Waals surface area contributed by atoms with Gasteiger partial charge in [0.1, 0.15) is 5.82 Å². The number of benzene rings is 1. The summed E-state index contributed by atoms with van der Waals surface area (Å²) in [5.41, 5.74) is 2.31. The number of aromatic nitrogens is 1. The van der Waals surface area contributed by atoms with E-state index in [-0.39, 0.29) is 18.2 Å². The molecule has 1 aromatic carbocycles. The van der Waals surface area contributed by atoms with Crippen molar-refractivity contribution in [3.8, 4) is 0 Å². The van der Waals surface area contributed by atoms with Crippen molar-refractivity contribution in [3.63, 3.8) is 0 Å². The van der Waals surface area contributed by atoms with E-state index in [4.69, 9.17) is 0 Å². The van der Waals surface area contributed by atoms with E-state index in [1.54, 1.807) is 6.20 Å². The highest BCUT2D eigenvalue weighted by Gasteiger charge is 2.24. The minimum atomic E-state index is -0.213. The molecule has 1 atom stereocenters. The third-order valence-corrected chi connectivity index (χ3v) is 4.55. The first-order valence-electron chi connectivity index (χ1n) is 7.02. The number of halogens is 3. The fourth-order valence-electron chi connectivity index (χ4n) is 2.71. The maximum atomic E-state index is 13.2. The molecule has 0 saturated carbocycles. The fourth-order valence-corrected chi connectivity index (χ4v) is 3.18. The van der Waals surface area contributed by atoms with Crippen LogP contribution >= 0.6 is 28.3 Å². The zero-order valence-corrected chi connectivity index (χ0v) is 14.4. The zero-order valence-electron chi connectivity index (χ0n) is 12.0. The lowest BCUT2D eigenvalue weighted by Crippen LogP contribution is -2.45. The van der Waals surface area contributed by atoms with Crippen molar-refractivity contribution < 1.29 is 4.39 Å². The minimum Gasteiger partial charge on any atom is -0.314 e. The van der Waals surface area contributed by atoms with E-state index in [0.717, 1.165) is 36.2 Å². The molecule has 118 valence electrons. The smallest absolute Gasteiger partial charge is 0.124 e. The van der Waals surface area contributed by atoms with Crippen molar-refractivity contribution in [1.82, 2.24) is 15.2 Å². The summed E-state index contributed by atoms with van der Waals surface area (Å²) in [6.07, 6.45) is 3.71. The van der Waals surface area contributed by atoms with Crippen LogP contribution in [0.4, 0.5) is 4.39 Å². The first-order valence-corrected chi connectivity index (χ1v) is 7.82. The third-order valence-electron chi connectivity index (χ3n) is 3.81. The Labute approximate surface area is 144 Å². The lowest BCUT2D eigenvalue weighted by Gasteiger charge is -2.36. The van der Waals surface area contributed by atoms with Crippen LogP contribution in [-0.2, 0) is 6.54 Å². The Balaban J connectivity index is 0.00000176. The summed E-state index contributed by atoms with van der Waals surface area (Å²) in [5, 5.41) is 3.43. The Kier molecular flexibility index (Phi) is 6.32. The summed E-state index contributed by atoms with van der Waals surface area (Å²) in [6.45, 7) is 3.63. The minimum absolute atomic E-state index is 0. The molecule has 1 aliphatic heterocycles. The molecular weight excluding hydrogens is 369 g/mol. The van der Waals surface area contributed by atoms with E-state index in [1.165, 1.54) is 17.7 Å². The molecule has 0 spiro atoms. The second-order valence-corrected chi connectivity index (χ2v) is 6.07. The van der Waals surface area contributed by atoms with E-state index >= 15 is 0 Å². The highest BCUT2D eigenvalue weighted by molar-refractivity contribution is 9.10. The van der Waals surface area contributed by atoms with Crippen molar-refractivity contribution in [2.24, 2.45) is 0 Å². The van der Waals surface area contributed by atoms with Crippen LogP contribution in [0.5, 0.6) is 0 Å². The predicted molar refractivity (Wildman–Crippen MR) is 91.6 cm³/mol. The predicted octanol–water partition coefficient (Wildman–Crippen LogP) is 3.55. The second-order valence-electron chi connectivity index (χ2n) is 5.21. The molecule has 22 heavy (non-hydrogen) atoms. The Hall–Kier alpha value is -1.01. The van der Waals surface area contributed by atoms with E-state index in [2.05, 4.69) is 37.2 Å². The van der Waals surface area contributed by atoms with E-state index < -0.39 is 0 Å². The third kappa shape index (κ3) is 4.04. The van der Waals surface area contributed by atoms with Gasteiger partial charge in [-0.05, 0) is 29.3 Å². The van der Waals surface area contributed by atoms with E-state index in [0.29, 0.717) is 6.04 Å². The van der Waals surface area contributed by atoms with Gasteiger partial charge in [-0.2, -0.15) is 0 Å². The summed E-state index contributed by atoms with van der Waals surface area (Å²) in [6, 6.07) is 9.26. The topological polar surface area (TPSA) is 28.2 Å². The van der Waals surface area contributed by atoms with Crippen LogP contribution in [-0.4, -0.2) is 29.5 Å². The molecule has 1 N–H and O–H groups in total. The van der Waals surface area contributed by atoms with Gasteiger partial charge in [0, 0.05) is 49.1 Å². The van der Waals surface area contributed by atoms with Crippen molar-refractivity contribution >= 4 is 28.3 Å². The molecule has 2 aromatic rings. The lowest BCUT2D eigenvalue weighted by molar-refractivity contribution is 0.153. The molecule has 0 bridgehead atoms. The molecule has 6 heteroatoms. The normalized spacial score (nSPS) is 18.7. The first-order chi connectivity index (χ1) is 10.2. The van der Waals surface area contributed by atoms with Gasteiger partial charge >= 0.3 is 0 Å². The van der Waals surface area contributed by atoms with Gasteiger partial charge in [0.2, 0.25) is 0 Å². The molecule has 0 radical (unpaired) electrons. The maximum Gasteiger partial charge on any atom is 0.124 e. The SMILES string of the molecule is Cl.Fc1ccc(CN2CCNCC2c2cccnc2)c(Br)c1. The van der Waals surface area contributed by atoms with E-state index in [1.807, 2.05) is 18.3 Å². The van der Waals surface area contributed by atoms with Crippen LogP contribution in [0.3, 0.4) is 0 Å². The molecular formula is C16H18BrClFN3. The summed E-state index contributed by atoms with van der Waals surface area (Å²) >= 11 is 3.46. The summed E-state index contributed by atoms with van der Waals surface area (Å²) in [7, 11) is 0. The van der Waals surface area contributed by atoms with Crippen LogP contribution in [0.15, 0.2) is 47.2 Å². The van der Waals surface area contributed by atoms with E-state index in [9.17, 15) is 4.39 Å². The molecule has 3 rings (SSSR count). The summed E-state index contributed by atoms with van der Waals surface area (Å²) in [4.78, 5) is 6.63. The molecule has 1 saturated heterocycles. The largest absolute Gasteiger partial charge is 0.314 e.